The Kier molecular flexibility index (Phi) is 2.23. The molecule has 1 aliphatic rings. The summed E-state index contributed by atoms with van der Waals surface area (Å²) in [4.78, 5) is 1.25. The summed E-state index contributed by atoms with van der Waals surface area (Å²) in [5, 5.41) is 0. The van der Waals surface area contributed by atoms with Crippen LogP contribution in [0.1, 0.15) is 6.42 Å². The van der Waals surface area contributed by atoms with Crippen LogP contribution in [0.15, 0.2) is 29.2 Å². The van der Waals surface area contributed by atoms with Gasteiger partial charge in [-0.15, -0.1) is 0 Å². The monoisotopic (exact) mass is 180 g/mol. The molecule has 0 spiro atoms. The van der Waals surface area contributed by atoms with E-state index in [4.69, 9.17) is 5.73 Å². The van der Waals surface area contributed by atoms with E-state index in [1.165, 1.54) is 24.4 Å². The van der Waals surface area contributed by atoms with Gasteiger partial charge in [0.1, 0.15) is 0 Å². The van der Waals surface area contributed by atoms with Crippen molar-refractivity contribution in [2.24, 2.45) is 0 Å². The first kappa shape index (κ1) is 7.95. The molecule has 0 bridgehead atoms. The molecule has 2 nitrogen and oxygen atoms in total. The molecule has 64 valence electrons. The highest BCUT2D eigenvalue weighted by Gasteiger charge is 2.14. The quantitative estimate of drug-likeness (QED) is 0.557. The fourth-order valence-corrected chi connectivity index (χ4v) is 2.17. The summed E-state index contributed by atoms with van der Waals surface area (Å²) in [6.45, 7) is 2.42. The molecule has 0 aromatic heterocycles. The molecule has 2 N–H and O–H groups in total. The van der Waals surface area contributed by atoms with Crippen LogP contribution in [0.5, 0.6) is 0 Å². The summed E-state index contributed by atoms with van der Waals surface area (Å²) in [6.07, 6.45) is 1.33. The molecular formula is C9H12N2S. The zero-order chi connectivity index (χ0) is 8.39. The summed E-state index contributed by atoms with van der Waals surface area (Å²) < 4.78 is 2.34. The van der Waals surface area contributed by atoms with Crippen molar-refractivity contribution in [2.45, 2.75) is 11.3 Å². The van der Waals surface area contributed by atoms with E-state index in [9.17, 15) is 0 Å². The molecule has 0 radical (unpaired) electrons. The number of nitrogens with zero attached hydrogens (tertiary/aromatic N) is 1. The van der Waals surface area contributed by atoms with E-state index in [-0.39, 0.29) is 0 Å². The molecule has 2 rings (SSSR count). The lowest BCUT2D eigenvalue weighted by atomic mass is 10.3. The van der Waals surface area contributed by atoms with Crippen molar-refractivity contribution < 1.29 is 0 Å². The van der Waals surface area contributed by atoms with Gasteiger partial charge >= 0.3 is 0 Å². The van der Waals surface area contributed by atoms with Crippen LogP contribution in [-0.4, -0.2) is 17.4 Å². The van der Waals surface area contributed by atoms with Gasteiger partial charge in [-0.1, -0.05) is 6.07 Å². The van der Waals surface area contributed by atoms with Crippen molar-refractivity contribution in [2.75, 3.05) is 18.8 Å². The van der Waals surface area contributed by atoms with Gasteiger partial charge in [0.15, 0.2) is 0 Å². The summed E-state index contributed by atoms with van der Waals surface area (Å²) in [5.41, 5.74) is 6.51. The normalized spacial score (nSPS) is 17.3. The number of rotatable bonds is 2. The van der Waals surface area contributed by atoms with Gasteiger partial charge in [0.05, 0.1) is 0 Å². The molecule has 1 fully saturated rings. The van der Waals surface area contributed by atoms with E-state index in [0.717, 1.165) is 5.69 Å². The van der Waals surface area contributed by atoms with Crippen molar-refractivity contribution in [1.29, 1.82) is 0 Å². The standard InChI is InChI=1S/C9H12N2S/c10-8-3-1-4-9(7-8)12-11-5-2-6-11/h1,3-4,7H,2,5-6,10H2. The van der Waals surface area contributed by atoms with E-state index >= 15 is 0 Å². The van der Waals surface area contributed by atoms with Gasteiger partial charge in [0, 0.05) is 23.7 Å². The summed E-state index contributed by atoms with van der Waals surface area (Å²) in [5.74, 6) is 0. The highest BCUT2D eigenvalue weighted by atomic mass is 32.2. The topological polar surface area (TPSA) is 29.3 Å². The van der Waals surface area contributed by atoms with Gasteiger partial charge in [0.25, 0.3) is 0 Å². The van der Waals surface area contributed by atoms with Crippen LogP contribution in [0.2, 0.25) is 0 Å². The third-order valence-electron chi connectivity index (χ3n) is 1.91. The SMILES string of the molecule is Nc1cccc(SN2CCC2)c1. The number of benzene rings is 1. The van der Waals surface area contributed by atoms with Crippen molar-refractivity contribution in [3.63, 3.8) is 0 Å². The lowest BCUT2D eigenvalue weighted by molar-refractivity contribution is 0.344. The number of hydrogen-bond donors (Lipinski definition) is 1. The van der Waals surface area contributed by atoms with Gasteiger partial charge in [0.2, 0.25) is 0 Å². The molecule has 1 saturated heterocycles. The maximum Gasteiger partial charge on any atom is 0.0325 e. The zero-order valence-electron chi connectivity index (χ0n) is 6.86. The molecule has 1 heterocycles. The maximum atomic E-state index is 5.66. The second-order valence-electron chi connectivity index (χ2n) is 2.95. The fraction of sp³-hybridized carbons (Fsp3) is 0.333. The molecule has 0 aliphatic carbocycles. The van der Waals surface area contributed by atoms with E-state index in [0.29, 0.717) is 0 Å². The molecule has 1 aromatic carbocycles. The lowest BCUT2D eigenvalue weighted by Crippen LogP contribution is -2.30. The molecule has 0 unspecified atom stereocenters. The van der Waals surface area contributed by atoms with Crippen molar-refractivity contribution in [3.05, 3.63) is 24.3 Å². The van der Waals surface area contributed by atoms with Crippen LogP contribution in [0, 0.1) is 0 Å². The van der Waals surface area contributed by atoms with E-state index < -0.39 is 0 Å². The van der Waals surface area contributed by atoms with Crippen LogP contribution < -0.4 is 5.73 Å². The molecule has 0 saturated carbocycles. The summed E-state index contributed by atoms with van der Waals surface area (Å²) >= 11 is 1.80. The fourth-order valence-electron chi connectivity index (χ4n) is 1.10. The van der Waals surface area contributed by atoms with Crippen molar-refractivity contribution in [3.8, 4) is 0 Å². The van der Waals surface area contributed by atoms with Crippen LogP contribution in [-0.2, 0) is 0 Å². The van der Waals surface area contributed by atoms with Gasteiger partial charge < -0.3 is 5.73 Å². The second-order valence-corrected chi connectivity index (χ2v) is 4.12. The molecule has 12 heavy (non-hydrogen) atoms. The summed E-state index contributed by atoms with van der Waals surface area (Å²) in [7, 11) is 0. The molecule has 0 amide bonds. The Morgan fingerprint density at radius 1 is 1.33 bits per heavy atom. The zero-order valence-corrected chi connectivity index (χ0v) is 7.68. The van der Waals surface area contributed by atoms with Crippen molar-refractivity contribution in [1.82, 2.24) is 4.31 Å². The Morgan fingerprint density at radius 2 is 2.17 bits per heavy atom. The van der Waals surface area contributed by atoms with Crippen LogP contribution in [0.3, 0.4) is 0 Å². The number of nitrogens with two attached hydrogens (primary N) is 1. The first-order valence-electron chi connectivity index (χ1n) is 4.13. The van der Waals surface area contributed by atoms with E-state index in [1.54, 1.807) is 11.9 Å². The predicted molar refractivity (Wildman–Crippen MR) is 52.9 cm³/mol. The minimum Gasteiger partial charge on any atom is -0.399 e. The molecule has 1 aromatic rings. The first-order valence-corrected chi connectivity index (χ1v) is 4.90. The van der Waals surface area contributed by atoms with Crippen LogP contribution in [0.4, 0.5) is 5.69 Å². The number of nitrogen functional groups attached to an aromatic ring is 1. The Hall–Kier alpha value is -0.670. The third-order valence-corrected chi connectivity index (χ3v) is 3.00. The van der Waals surface area contributed by atoms with Gasteiger partial charge in [-0.2, -0.15) is 0 Å². The molecule has 3 heteroatoms. The minimum absolute atomic E-state index is 0.848. The van der Waals surface area contributed by atoms with Gasteiger partial charge in [-0.25, -0.2) is 4.31 Å². The first-order chi connectivity index (χ1) is 5.84. The smallest absolute Gasteiger partial charge is 0.0325 e. The van der Waals surface area contributed by atoms with Crippen molar-refractivity contribution >= 4 is 17.6 Å². The highest BCUT2D eigenvalue weighted by molar-refractivity contribution is 7.97. The summed E-state index contributed by atoms with van der Waals surface area (Å²) in [6, 6.07) is 8.03. The largest absolute Gasteiger partial charge is 0.399 e. The number of anilines is 1. The van der Waals surface area contributed by atoms with E-state index in [2.05, 4.69) is 10.4 Å². The predicted octanol–water partition coefficient (Wildman–Crippen LogP) is 1.98. The second kappa shape index (κ2) is 3.37. The third kappa shape index (κ3) is 1.73. The average molecular weight is 180 g/mol. The Labute approximate surface area is 76.9 Å². The average Bonchev–Trinajstić information content (AvgIpc) is 1.97. The molecule has 0 atom stereocenters. The molecule has 1 aliphatic heterocycles. The highest BCUT2D eigenvalue weighted by Crippen LogP contribution is 2.27. The maximum absolute atomic E-state index is 5.66. The van der Waals surface area contributed by atoms with Gasteiger partial charge in [-0.3, -0.25) is 0 Å². The number of hydrogen-bond acceptors (Lipinski definition) is 3. The van der Waals surface area contributed by atoms with E-state index in [1.807, 2.05) is 18.2 Å². The van der Waals surface area contributed by atoms with Crippen LogP contribution >= 0.6 is 11.9 Å². The minimum atomic E-state index is 0.848. The Balaban J connectivity index is 2.02. The van der Waals surface area contributed by atoms with Gasteiger partial charge in [-0.05, 0) is 36.6 Å². The Bertz CT molecular complexity index is 271. The molecular weight excluding hydrogens is 168 g/mol. The Morgan fingerprint density at radius 3 is 2.75 bits per heavy atom. The lowest BCUT2D eigenvalue weighted by Gasteiger charge is -2.29. The van der Waals surface area contributed by atoms with Crippen LogP contribution in [0.25, 0.3) is 0 Å².